The van der Waals surface area contributed by atoms with E-state index in [-0.39, 0.29) is 0 Å². The van der Waals surface area contributed by atoms with Crippen LogP contribution in [0.3, 0.4) is 0 Å². The Morgan fingerprint density at radius 3 is 2.43 bits per heavy atom. The van der Waals surface area contributed by atoms with E-state index in [0.29, 0.717) is 17.2 Å². The van der Waals surface area contributed by atoms with Crippen molar-refractivity contribution in [3.8, 4) is 5.75 Å². The van der Waals surface area contributed by atoms with Crippen LogP contribution in [0.4, 0.5) is 0 Å². The van der Waals surface area contributed by atoms with Crippen LogP contribution in [0.1, 0.15) is 27.8 Å². The molecule has 0 heterocycles. The summed E-state index contributed by atoms with van der Waals surface area (Å²) in [5.41, 5.74) is 4.99. The molecule has 0 aliphatic heterocycles. The van der Waals surface area contributed by atoms with Crippen molar-refractivity contribution in [2.75, 3.05) is 0 Å². The van der Waals surface area contributed by atoms with Gasteiger partial charge in [0.15, 0.2) is 6.10 Å². The lowest BCUT2D eigenvalue weighted by Crippen LogP contribution is -2.30. The van der Waals surface area contributed by atoms with Crippen molar-refractivity contribution >= 4 is 17.6 Å². The van der Waals surface area contributed by atoms with E-state index in [9.17, 15) is 9.90 Å². The Morgan fingerprint density at radius 1 is 1.13 bits per heavy atom. The second kappa shape index (κ2) is 7.05. The molecular weight excluding hydrogens is 312 g/mol. The maximum absolute atomic E-state index is 11.6. The fourth-order valence-corrected chi connectivity index (χ4v) is 2.77. The van der Waals surface area contributed by atoms with Gasteiger partial charge in [0.05, 0.1) is 0 Å². The largest absolute Gasteiger partial charge is 0.478 e. The number of ether oxygens (including phenoxy) is 1. The van der Waals surface area contributed by atoms with Crippen LogP contribution < -0.4 is 4.74 Å². The van der Waals surface area contributed by atoms with Gasteiger partial charge in [-0.25, -0.2) is 4.79 Å². The second-order valence-corrected chi connectivity index (χ2v) is 6.36. The number of rotatable bonds is 5. The van der Waals surface area contributed by atoms with Crippen LogP contribution in [-0.2, 0) is 11.2 Å². The Balaban J connectivity index is 2.28. The number of halogens is 1. The van der Waals surface area contributed by atoms with Gasteiger partial charge in [0.2, 0.25) is 0 Å². The van der Waals surface area contributed by atoms with Crippen LogP contribution in [0.25, 0.3) is 0 Å². The summed E-state index contributed by atoms with van der Waals surface area (Å²) in [7, 11) is 0. The number of carboxylic acids is 1. The lowest BCUT2D eigenvalue weighted by Gasteiger charge is -2.19. The van der Waals surface area contributed by atoms with Gasteiger partial charge in [-0.1, -0.05) is 23.7 Å². The first-order valence-electron chi connectivity index (χ1n) is 7.50. The maximum Gasteiger partial charge on any atom is 0.345 e. The fourth-order valence-electron chi connectivity index (χ4n) is 2.54. The molecule has 0 aromatic heterocycles. The molecule has 2 aromatic rings. The van der Waals surface area contributed by atoms with Gasteiger partial charge in [-0.3, -0.25) is 0 Å². The molecule has 0 bridgehead atoms. The van der Waals surface area contributed by atoms with E-state index in [4.69, 9.17) is 16.3 Å². The highest BCUT2D eigenvalue weighted by Crippen LogP contribution is 2.26. The van der Waals surface area contributed by atoms with E-state index in [2.05, 4.69) is 6.07 Å². The van der Waals surface area contributed by atoms with Gasteiger partial charge in [0, 0.05) is 11.4 Å². The summed E-state index contributed by atoms with van der Waals surface area (Å²) in [6.45, 7) is 7.82. The molecule has 122 valence electrons. The van der Waals surface area contributed by atoms with Crippen molar-refractivity contribution in [3.63, 3.8) is 0 Å². The van der Waals surface area contributed by atoms with Crippen LogP contribution in [-0.4, -0.2) is 17.2 Å². The van der Waals surface area contributed by atoms with Gasteiger partial charge < -0.3 is 9.84 Å². The van der Waals surface area contributed by atoms with Crippen LogP contribution in [0.15, 0.2) is 30.3 Å². The van der Waals surface area contributed by atoms with Crippen molar-refractivity contribution in [3.05, 3.63) is 63.2 Å². The molecule has 2 rings (SSSR count). The van der Waals surface area contributed by atoms with Gasteiger partial charge in [-0.15, -0.1) is 0 Å². The highest BCUT2D eigenvalue weighted by atomic mass is 35.5. The van der Waals surface area contributed by atoms with E-state index in [1.807, 2.05) is 45.9 Å². The molecule has 0 radical (unpaired) electrons. The van der Waals surface area contributed by atoms with Crippen molar-refractivity contribution < 1.29 is 14.6 Å². The van der Waals surface area contributed by atoms with E-state index < -0.39 is 12.1 Å². The molecule has 0 saturated heterocycles. The molecule has 0 saturated carbocycles. The lowest BCUT2D eigenvalue weighted by molar-refractivity contribution is -0.145. The number of carbonyl (C=O) groups is 1. The fraction of sp³-hybridized carbons (Fsp3) is 0.316. The van der Waals surface area contributed by atoms with E-state index >= 15 is 0 Å². The van der Waals surface area contributed by atoms with Crippen LogP contribution in [0.5, 0.6) is 5.75 Å². The summed E-state index contributed by atoms with van der Waals surface area (Å²) >= 11 is 5.95. The highest BCUT2D eigenvalue weighted by Gasteiger charge is 2.22. The third kappa shape index (κ3) is 4.26. The smallest absolute Gasteiger partial charge is 0.345 e. The summed E-state index contributed by atoms with van der Waals surface area (Å²) in [5, 5.41) is 10.2. The molecule has 0 aliphatic carbocycles. The average Bonchev–Trinajstić information content (AvgIpc) is 2.45. The molecule has 0 aliphatic rings. The number of benzene rings is 2. The van der Waals surface area contributed by atoms with E-state index in [0.717, 1.165) is 27.8 Å². The minimum atomic E-state index is -0.974. The summed E-state index contributed by atoms with van der Waals surface area (Å²) in [5.74, 6) is -0.348. The van der Waals surface area contributed by atoms with Crippen LogP contribution in [0, 0.1) is 27.7 Å². The molecule has 0 fully saturated rings. The van der Waals surface area contributed by atoms with Crippen molar-refractivity contribution in [1.82, 2.24) is 0 Å². The Morgan fingerprint density at radius 2 is 1.83 bits per heavy atom. The van der Waals surface area contributed by atoms with Gasteiger partial charge in [-0.05, 0) is 73.7 Å². The summed E-state index contributed by atoms with van der Waals surface area (Å²) in [6.07, 6.45) is -0.639. The normalized spacial score (nSPS) is 12.0. The molecule has 1 atom stereocenters. The summed E-state index contributed by atoms with van der Waals surface area (Å²) in [6, 6.07) is 9.39. The summed E-state index contributed by atoms with van der Waals surface area (Å²) < 4.78 is 5.82. The first-order valence-corrected chi connectivity index (χ1v) is 7.88. The topological polar surface area (TPSA) is 46.5 Å². The lowest BCUT2D eigenvalue weighted by atomic mass is 10.0. The van der Waals surface area contributed by atoms with Gasteiger partial charge >= 0.3 is 5.97 Å². The summed E-state index contributed by atoms with van der Waals surface area (Å²) in [4.78, 5) is 11.6. The quantitative estimate of drug-likeness (QED) is 0.867. The number of aryl methyl sites for hydroxylation is 3. The number of aliphatic carboxylic acids is 1. The maximum atomic E-state index is 11.6. The van der Waals surface area contributed by atoms with Gasteiger partial charge in [0.25, 0.3) is 0 Å². The molecule has 3 nitrogen and oxygen atoms in total. The first kappa shape index (κ1) is 17.4. The number of hydrogen-bond donors (Lipinski definition) is 1. The van der Waals surface area contributed by atoms with E-state index in [1.165, 1.54) is 0 Å². The van der Waals surface area contributed by atoms with Crippen LogP contribution >= 0.6 is 11.6 Å². The first-order chi connectivity index (χ1) is 10.8. The van der Waals surface area contributed by atoms with Crippen LogP contribution in [0.2, 0.25) is 5.02 Å². The van der Waals surface area contributed by atoms with Crippen molar-refractivity contribution in [1.29, 1.82) is 0 Å². The second-order valence-electron chi connectivity index (χ2n) is 5.92. The molecular formula is C19H21ClO3. The molecule has 2 aromatic carbocycles. The van der Waals surface area contributed by atoms with Gasteiger partial charge in [0.1, 0.15) is 5.75 Å². The molecule has 0 spiro atoms. The minimum Gasteiger partial charge on any atom is -0.478 e. The monoisotopic (exact) mass is 332 g/mol. The van der Waals surface area contributed by atoms with E-state index in [1.54, 1.807) is 6.07 Å². The Bertz CT molecular complexity index is 738. The molecule has 23 heavy (non-hydrogen) atoms. The highest BCUT2D eigenvalue weighted by molar-refractivity contribution is 6.30. The average molecular weight is 333 g/mol. The standard InChI is InChI=1S/C19H21ClO3/c1-11-7-12(2)14(4)17(8-11)23-18(19(21)22)10-15-5-6-16(20)9-13(15)3/h5-9,18H,10H2,1-4H3,(H,21,22). The third-order valence-electron chi connectivity index (χ3n) is 4.02. The Hall–Kier alpha value is -2.00. The van der Waals surface area contributed by atoms with Crippen molar-refractivity contribution in [2.45, 2.75) is 40.2 Å². The van der Waals surface area contributed by atoms with Gasteiger partial charge in [-0.2, -0.15) is 0 Å². The molecule has 1 unspecified atom stereocenters. The third-order valence-corrected chi connectivity index (χ3v) is 4.25. The Kier molecular flexibility index (Phi) is 5.32. The molecule has 4 heteroatoms. The van der Waals surface area contributed by atoms with Crippen molar-refractivity contribution in [2.24, 2.45) is 0 Å². The zero-order valence-corrected chi connectivity index (χ0v) is 14.6. The predicted octanol–water partition coefficient (Wildman–Crippen LogP) is 4.65. The molecule has 0 amide bonds. The predicted molar refractivity (Wildman–Crippen MR) is 92.6 cm³/mol. The molecule has 1 N–H and O–H groups in total. The number of hydrogen-bond acceptors (Lipinski definition) is 2. The zero-order valence-electron chi connectivity index (χ0n) is 13.8. The zero-order chi connectivity index (χ0) is 17.1. The Labute approximate surface area is 141 Å². The minimum absolute atomic E-state index is 0.296. The number of carboxylic acid groups (broad SMARTS) is 1. The SMILES string of the molecule is Cc1cc(C)c(C)c(OC(Cc2ccc(Cl)cc2C)C(=O)O)c1.